The number of anilines is 1. The van der Waals surface area contributed by atoms with Gasteiger partial charge in [0.2, 0.25) is 15.9 Å². The molecule has 1 aromatic heterocycles. The van der Waals surface area contributed by atoms with Crippen LogP contribution in [0.15, 0.2) is 59.6 Å². The minimum Gasteiger partial charge on any atom is -0.347 e. The first-order valence-corrected chi connectivity index (χ1v) is 11.3. The van der Waals surface area contributed by atoms with E-state index in [0.29, 0.717) is 25.3 Å². The van der Waals surface area contributed by atoms with Crippen LogP contribution < -0.4 is 5.32 Å². The zero-order chi connectivity index (χ0) is 21.0. The van der Waals surface area contributed by atoms with Crippen LogP contribution in [-0.2, 0) is 21.4 Å². The minimum atomic E-state index is -3.72. The first-order chi connectivity index (χ1) is 13.9. The number of fused-ring (bicyclic) bond motifs is 1. The van der Waals surface area contributed by atoms with Gasteiger partial charge in [0.05, 0.1) is 5.02 Å². The van der Waals surface area contributed by atoms with Crippen LogP contribution in [0.3, 0.4) is 0 Å². The Morgan fingerprint density at radius 3 is 2.55 bits per heavy atom. The van der Waals surface area contributed by atoms with E-state index in [2.05, 4.69) is 5.32 Å². The van der Waals surface area contributed by atoms with Gasteiger partial charge in [0.1, 0.15) is 4.90 Å². The Morgan fingerprint density at radius 2 is 1.83 bits per heavy atom. The molecule has 0 aliphatic heterocycles. The van der Waals surface area contributed by atoms with Crippen molar-refractivity contribution in [2.45, 2.75) is 31.7 Å². The lowest BCUT2D eigenvalue weighted by molar-refractivity contribution is -0.116. The summed E-state index contributed by atoms with van der Waals surface area (Å²) in [5.74, 6) is -0.198. The molecule has 0 saturated heterocycles. The number of hydrogen-bond donors (Lipinski definition) is 1. The Morgan fingerprint density at radius 1 is 1.10 bits per heavy atom. The Labute approximate surface area is 176 Å². The summed E-state index contributed by atoms with van der Waals surface area (Å²) in [7, 11) is -3.72. The minimum absolute atomic E-state index is 0.00271. The van der Waals surface area contributed by atoms with Crippen molar-refractivity contribution >= 4 is 44.1 Å². The van der Waals surface area contributed by atoms with Gasteiger partial charge in [-0.1, -0.05) is 43.6 Å². The fourth-order valence-corrected chi connectivity index (χ4v) is 5.22. The zero-order valence-corrected chi connectivity index (χ0v) is 18.0. The molecule has 8 heteroatoms. The van der Waals surface area contributed by atoms with Crippen LogP contribution in [0.2, 0.25) is 5.02 Å². The van der Waals surface area contributed by atoms with Gasteiger partial charge in [0.25, 0.3) is 0 Å². The molecule has 0 unspecified atom stereocenters. The second kappa shape index (κ2) is 8.98. The van der Waals surface area contributed by atoms with Gasteiger partial charge in [-0.25, -0.2) is 8.42 Å². The highest BCUT2D eigenvalue weighted by Crippen LogP contribution is 2.28. The maximum Gasteiger partial charge on any atom is 0.244 e. The SMILES string of the molecule is CCN(CC)S(=O)(=O)c1cc(NC(=O)CCn2ccc3ccccc32)ccc1Cl. The number of carbonyl (C=O) groups is 1. The first-order valence-electron chi connectivity index (χ1n) is 9.50. The van der Waals surface area contributed by atoms with E-state index in [9.17, 15) is 13.2 Å². The lowest BCUT2D eigenvalue weighted by Crippen LogP contribution is -2.30. The number of carbonyl (C=O) groups excluding carboxylic acids is 1. The third-order valence-electron chi connectivity index (χ3n) is 4.80. The molecule has 29 heavy (non-hydrogen) atoms. The predicted octanol–water partition coefficient (Wildman–Crippen LogP) is 4.35. The van der Waals surface area contributed by atoms with Gasteiger partial charge < -0.3 is 9.88 Å². The van der Waals surface area contributed by atoms with Crippen molar-refractivity contribution in [3.8, 4) is 0 Å². The molecule has 0 saturated carbocycles. The molecular formula is C21H24ClN3O3S. The molecule has 1 amide bonds. The van der Waals surface area contributed by atoms with Crippen molar-refractivity contribution < 1.29 is 13.2 Å². The molecule has 0 radical (unpaired) electrons. The summed E-state index contributed by atoms with van der Waals surface area (Å²) >= 11 is 6.14. The van der Waals surface area contributed by atoms with Crippen LogP contribution in [0, 0.1) is 0 Å². The Balaban J connectivity index is 1.72. The first kappa shape index (κ1) is 21.4. The van der Waals surface area contributed by atoms with Gasteiger partial charge in [0.15, 0.2) is 0 Å². The number of benzene rings is 2. The number of hydrogen-bond acceptors (Lipinski definition) is 3. The molecule has 0 spiro atoms. The standard InChI is InChI=1S/C21H24ClN3O3S/c1-3-25(4-2)29(27,28)20-15-17(9-10-18(20)22)23-21(26)12-14-24-13-11-16-7-5-6-8-19(16)24/h5-11,13,15H,3-4,12,14H2,1-2H3,(H,23,26). The van der Waals surface area contributed by atoms with Crippen LogP contribution in [0.5, 0.6) is 0 Å². The summed E-state index contributed by atoms with van der Waals surface area (Å²) in [6.07, 6.45) is 2.22. The third kappa shape index (κ3) is 4.63. The molecule has 154 valence electrons. The van der Waals surface area contributed by atoms with Crippen LogP contribution in [0.1, 0.15) is 20.3 Å². The van der Waals surface area contributed by atoms with Crippen molar-refractivity contribution in [2.75, 3.05) is 18.4 Å². The molecule has 2 aromatic carbocycles. The van der Waals surface area contributed by atoms with E-state index < -0.39 is 10.0 Å². The van der Waals surface area contributed by atoms with Crippen LogP contribution in [-0.4, -0.2) is 36.3 Å². The van der Waals surface area contributed by atoms with Crippen molar-refractivity contribution in [3.63, 3.8) is 0 Å². The lowest BCUT2D eigenvalue weighted by atomic mass is 10.2. The number of aromatic nitrogens is 1. The molecule has 6 nitrogen and oxygen atoms in total. The number of nitrogens with one attached hydrogen (secondary N) is 1. The third-order valence-corrected chi connectivity index (χ3v) is 7.33. The second-order valence-corrected chi connectivity index (χ2v) is 8.91. The lowest BCUT2D eigenvalue weighted by Gasteiger charge is -2.19. The summed E-state index contributed by atoms with van der Waals surface area (Å²) in [5, 5.41) is 4.03. The highest BCUT2D eigenvalue weighted by molar-refractivity contribution is 7.89. The van der Waals surface area contributed by atoms with E-state index in [4.69, 9.17) is 11.6 Å². The highest BCUT2D eigenvalue weighted by Gasteiger charge is 2.25. The smallest absolute Gasteiger partial charge is 0.244 e. The fourth-order valence-electron chi connectivity index (χ4n) is 3.26. The van der Waals surface area contributed by atoms with Crippen LogP contribution in [0.25, 0.3) is 10.9 Å². The number of amides is 1. The molecular weight excluding hydrogens is 410 g/mol. The molecule has 0 fully saturated rings. The van der Waals surface area contributed by atoms with Crippen molar-refractivity contribution in [3.05, 3.63) is 59.8 Å². The Hall–Kier alpha value is -2.35. The molecule has 1 heterocycles. The van der Waals surface area contributed by atoms with Gasteiger partial charge in [-0.2, -0.15) is 4.31 Å². The predicted molar refractivity (Wildman–Crippen MR) is 117 cm³/mol. The summed E-state index contributed by atoms with van der Waals surface area (Å²) in [4.78, 5) is 12.4. The molecule has 3 aromatic rings. The fraction of sp³-hybridized carbons (Fsp3) is 0.286. The molecule has 0 aliphatic carbocycles. The van der Waals surface area contributed by atoms with Crippen LogP contribution in [0.4, 0.5) is 5.69 Å². The largest absolute Gasteiger partial charge is 0.347 e. The average Bonchev–Trinajstić information content (AvgIpc) is 3.11. The molecule has 1 N–H and O–H groups in total. The normalized spacial score (nSPS) is 11.9. The maximum atomic E-state index is 12.8. The molecule has 3 rings (SSSR count). The van der Waals surface area contributed by atoms with Crippen LogP contribution >= 0.6 is 11.6 Å². The van der Waals surface area contributed by atoms with Crippen molar-refractivity contribution in [2.24, 2.45) is 0 Å². The molecule has 0 bridgehead atoms. The Bertz CT molecular complexity index is 1120. The summed E-state index contributed by atoms with van der Waals surface area (Å²) < 4.78 is 28.9. The number of halogens is 1. The monoisotopic (exact) mass is 433 g/mol. The zero-order valence-electron chi connectivity index (χ0n) is 16.4. The van der Waals surface area contributed by atoms with E-state index in [1.54, 1.807) is 19.9 Å². The van der Waals surface area contributed by atoms with Gasteiger partial charge in [-0.15, -0.1) is 0 Å². The van der Waals surface area contributed by atoms with Gasteiger partial charge in [-0.3, -0.25) is 4.79 Å². The number of nitrogens with zero attached hydrogens (tertiary/aromatic N) is 2. The topological polar surface area (TPSA) is 71.4 Å². The number of sulfonamides is 1. The average molecular weight is 434 g/mol. The van der Waals surface area contributed by atoms with Crippen molar-refractivity contribution in [1.82, 2.24) is 8.87 Å². The van der Waals surface area contributed by atoms with Gasteiger partial charge in [-0.05, 0) is 35.7 Å². The molecule has 0 atom stereocenters. The highest BCUT2D eigenvalue weighted by atomic mass is 35.5. The van der Waals surface area contributed by atoms with Gasteiger partial charge in [0, 0.05) is 43.5 Å². The molecule has 0 aliphatic rings. The van der Waals surface area contributed by atoms with E-state index in [1.807, 2.05) is 41.1 Å². The van der Waals surface area contributed by atoms with E-state index in [1.165, 1.54) is 16.4 Å². The number of para-hydroxylation sites is 1. The van der Waals surface area contributed by atoms with Crippen molar-refractivity contribution in [1.29, 1.82) is 0 Å². The summed E-state index contributed by atoms with van der Waals surface area (Å²) in [6.45, 7) is 4.75. The summed E-state index contributed by atoms with van der Waals surface area (Å²) in [5.41, 5.74) is 1.47. The summed E-state index contributed by atoms with van der Waals surface area (Å²) in [6, 6.07) is 14.5. The van der Waals surface area contributed by atoms with Gasteiger partial charge >= 0.3 is 0 Å². The van der Waals surface area contributed by atoms with E-state index >= 15 is 0 Å². The quantitative estimate of drug-likeness (QED) is 0.573. The van der Waals surface area contributed by atoms with E-state index in [-0.39, 0.29) is 22.2 Å². The Kier molecular flexibility index (Phi) is 6.62. The maximum absolute atomic E-state index is 12.8. The number of rotatable bonds is 8. The second-order valence-electron chi connectivity index (χ2n) is 6.60. The number of aryl methyl sites for hydroxylation is 1. The van der Waals surface area contributed by atoms with E-state index in [0.717, 1.165) is 10.9 Å².